The van der Waals surface area contributed by atoms with Gasteiger partial charge in [-0.25, -0.2) is 0 Å². The number of nitrogens with one attached hydrogen (secondary N) is 2. The molecule has 6 nitrogen and oxygen atoms in total. The first-order valence-electron chi connectivity index (χ1n) is 13.2. The molecular weight excluding hydrogens is 506 g/mol. The van der Waals surface area contributed by atoms with Crippen LogP contribution >= 0.6 is 11.8 Å². The van der Waals surface area contributed by atoms with Crippen molar-refractivity contribution >= 4 is 51.6 Å². The van der Waals surface area contributed by atoms with Crippen LogP contribution in [-0.4, -0.2) is 29.5 Å². The highest BCUT2D eigenvalue weighted by atomic mass is 32.2. The van der Waals surface area contributed by atoms with Crippen LogP contribution in [-0.2, 0) is 16.1 Å². The minimum Gasteiger partial charge on any atom is -0.343 e. The Morgan fingerprint density at radius 2 is 1.67 bits per heavy atom. The van der Waals surface area contributed by atoms with Crippen LogP contribution in [0, 0.1) is 5.92 Å². The molecule has 39 heavy (non-hydrogen) atoms. The molecule has 0 aliphatic carbocycles. The molecule has 7 heteroatoms. The number of fused-ring (bicyclic) bond motifs is 2. The first-order valence-corrected chi connectivity index (χ1v) is 14.2. The molecule has 0 unspecified atom stereocenters. The predicted octanol–water partition coefficient (Wildman–Crippen LogP) is 6.26. The van der Waals surface area contributed by atoms with Gasteiger partial charge < -0.3 is 15.5 Å². The summed E-state index contributed by atoms with van der Waals surface area (Å²) in [6, 6.07) is 28.1. The molecule has 5 rings (SSSR count). The maximum absolute atomic E-state index is 14.1. The van der Waals surface area contributed by atoms with Crippen molar-refractivity contribution in [3.8, 4) is 0 Å². The lowest BCUT2D eigenvalue weighted by Gasteiger charge is -2.27. The highest BCUT2D eigenvalue weighted by Gasteiger charge is 2.34. The highest BCUT2D eigenvalue weighted by Crippen LogP contribution is 2.41. The van der Waals surface area contributed by atoms with Crippen LogP contribution in [0.2, 0.25) is 0 Å². The summed E-state index contributed by atoms with van der Waals surface area (Å²) in [6.07, 6.45) is 0.690. The van der Waals surface area contributed by atoms with E-state index in [1.807, 2.05) is 74.5 Å². The van der Waals surface area contributed by atoms with Gasteiger partial charge in [0.15, 0.2) is 0 Å². The summed E-state index contributed by atoms with van der Waals surface area (Å²) in [6.45, 7) is 4.15. The molecule has 0 saturated carbocycles. The lowest BCUT2D eigenvalue weighted by molar-refractivity contribution is -0.129. The average molecular weight is 538 g/mol. The average Bonchev–Trinajstić information content (AvgIpc) is 3.10. The number of hydrogen-bond acceptors (Lipinski definition) is 4. The number of hydrogen-bond donors (Lipinski definition) is 2. The molecule has 4 aromatic rings. The smallest absolute Gasteiger partial charge is 0.255 e. The van der Waals surface area contributed by atoms with Crippen LogP contribution in [0.4, 0.5) is 11.4 Å². The largest absolute Gasteiger partial charge is 0.343 e. The minimum atomic E-state index is -0.698. The molecule has 2 atom stereocenters. The van der Waals surface area contributed by atoms with Gasteiger partial charge >= 0.3 is 0 Å². The Morgan fingerprint density at radius 1 is 0.949 bits per heavy atom. The second-order valence-corrected chi connectivity index (χ2v) is 10.7. The van der Waals surface area contributed by atoms with Crippen LogP contribution in [0.3, 0.4) is 0 Å². The third-order valence-electron chi connectivity index (χ3n) is 7.11. The van der Waals surface area contributed by atoms with Crippen molar-refractivity contribution in [3.63, 3.8) is 0 Å². The van der Waals surface area contributed by atoms with Gasteiger partial charge in [-0.2, -0.15) is 0 Å². The van der Waals surface area contributed by atoms with Crippen LogP contribution in [0.25, 0.3) is 10.8 Å². The zero-order valence-corrected chi connectivity index (χ0v) is 22.8. The molecule has 198 valence electrons. The van der Waals surface area contributed by atoms with E-state index in [2.05, 4.69) is 28.8 Å². The SMILES string of the molecule is CC[C@@H](C)C(=O)N[C@H]1CSc2c(NC(=O)c3ccccc3)cccc2N(Cc2cccc3ccccc23)C1=O. The number of carbonyl (C=O) groups is 3. The van der Waals surface area contributed by atoms with Crippen molar-refractivity contribution in [2.45, 2.75) is 37.8 Å². The van der Waals surface area contributed by atoms with E-state index in [9.17, 15) is 14.4 Å². The number of nitrogens with zero attached hydrogens (tertiary/aromatic N) is 1. The molecule has 1 heterocycles. The summed E-state index contributed by atoms with van der Waals surface area (Å²) in [4.78, 5) is 42.5. The number of thioether (sulfide) groups is 1. The van der Waals surface area contributed by atoms with Gasteiger partial charge in [-0.3, -0.25) is 14.4 Å². The Labute approximate surface area is 232 Å². The minimum absolute atomic E-state index is 0.134. The topological polar surface area (TPSA) is 78.5 Å². The summed E-state index contributed by atoms with van der Waals surface area (Å²) < 4.78 is 0. The molecule has 0 aromatic heterocycles. The Hall–Kier alpha value is -4.10. The van der Waals surface area contributed by atoms with Crippen LogP contribution in [0.5, 0.6) is 0 Å². The first-order chi connectivity index (χ1) is 19.0. The normalized spacial score (nSPS) is 15.8. The van der Waals surface area contributed by atoms with Gasteiger partial charge in [0.25, 0.3) is 11.8 Å². The quantitative estimate of drug-likeness (QED) is 0.292. The van der Waals surface area contributed by atoms with Gasteiger partial charge in [0.1, 0.15) is 6.04 Å². The van der Waals surface area contributed by atoms with E-state index in [1.54, 1.807) is 17.0 Å². The number of rotatable bonds is 7. The summed E-state index contributed by atoms with van der Waals surface area (Å²) >= 11 is 1.47. The summed E-state index contributed by atoms with van der Waals surface area (Å²) in [5, 5.41) is 8.20. The molecule has 0 spiro atoms. The third kappa shape index (κ3) is 5.68. The predicted molar refractivity (Wildman–Crippen MR) is 158 cm³/mol. The summed E-state index contributed by atoms with van der Waals surface area (Å²) in [7, 11) is 0. The number of anilines is 2. The van der Waals surface area contributed by atoms with Crippen molar-refractivity contribution in [2.75, 3.05) is 16.0 Å². The van der Waals surface area contributed by atoms with E-state index in [0.717, 1.165) is 21.2 Å². The van der Waals surface area contributed by atoms with Crippen molar-refractivity contribution in [3.05, 3.63) is 102 Å². The molecular formula is C32H31N3O3S. The lowest BCUT2D eigenvalue weighted by Crippen LogP contribution is -2.50. The second kappa shape index (κ2) is 11.7. The fourth-order valence-electron chi connectivity index (χ4n) is 4.68. The Kier molecular flexibility index (Phi) is 7.98. The van der Waals surface area contributed by atoms with Crippen LogP contribution in [0.1, 0.15) is 36.2 Å². The van der Waals surface area contributed by atoms with Gasteiger partial charge in [0.2, 0.25) is 5.91 Å². The number of amides is 3. The number of carbonyl (C=O) groups excluding carboxylic acids is 3. The van der Waals surface area contributed by atoms with Crippen LogP contribution in [0.15, 0.2) is 95.9 Å². The van der Waals surface area contributed by atoms with Crippen molar-refractivity contribution in [1.29, 1.82) is 0 Å². The van der Waals surface area contributed by atoms with Crippen molar-refractivity contribution in [2.24, 2.45) is 5.92 Å². The van der Waals surface area contributed by atoms with E-state index in [4.69, 9.17) is 0 Å². The zero-order chi connectivity index (χ0) is 27.4. The van der Waals surface area contributed by atoms with Gasteiger partial charge in [0, 0.05) is 17.2 Å². The van der Waals surface area contributed by atoms with E-state index in [0.29, 0.717) is 35.7 Å². The molecule has 0 fully saturated rings. The molecule has 0 saturated heterocycles. The molecule has 0 bridgehead atoms. The van der Waals surface area contributed by atoms with E-state index >= 15 is 0 Å². The number of benzene rings is 4. The Balaban J connectivity index is 1.54. The maximum atomic E-state index is 14.1. The van der Waals surface area contributed by atoms with Gasteiger partial charge in [-0.1, -0.05) is 80.6 Å². The van der Waals surface area contributed by atoms with Gasteiger partial charge in [0.05, 0.1) is 22.8 Å². The van der Waals surface area contributed by atoms with Crippen molar-refractivity contribution in [1.82, 2.24) is 5.32 Å². The summed E-state index contributed by atoms with van der Waals surface area (Å²) in [5.41, 5.74) is 2.90. The molecule has 3 amide bonds. The Morgan fingerprint density at radius 3 is 2.46 bits per heavy atom. The van der Waals surface area contributed by atoms with Crippen molar-refractivity contribution < 1.29 is 14.4 Å². The standard InChI is InChI=1S/C32H31N3O3S/c1-3-21(2)30(36)34-27-20-39-29-26(33-31(37)23-12-5-4-6-13-23)17-10-18-28(29)35(32(27)38)19-24-15-9-14-22-11-7-8-16-25(22)24/h4-18,21,27H,3,19-20H2,1-2H3,(H,33,37)(H,34,36)/t21-,27+/m1/s1. The van der Waals surface area contributed by atoms with E-state index < -0.39 is 6.04 Å². The second-order valence-electron chi connectivity index (χ2n) is 9.72. The van der Waals surface area contributed by atoms with Gasteiger partial charge in [-0.15, -0.1) is 11.8 Å². The molecule has 0 radical (unpaired) electrons. The molecule has 1 aliphatic heterocycles. The fourth-order valence-corrected chi connectivity index (χ4v) is 5.84. The summed E-state index contributed by atoms with van der Waals surface area (Å²) in [5.74, 6) is -0.358. The lowest BCUT2D eigenvalue weighted by atomic mass is 10.0. The maximum Gasteiger partial charge on any atom is 0.255 e. The highest BCUT2D eigenvalue weighted by molar-refractivity contribution is 7.99. The van der Waals surface area contributed by atoms with Crippen LogP contribution < -0.4 is 15.5 Å². The molecule has 4 aromatic carbocycles. The monoisotopic (exact) mass is 537 g/mol. The first kappa shape index (κ1) is 26.5. The molecule has 1 aliphatic rings. The molecule has 2 N–H and O–H groups in total. The zero-order valence-electron chi connectivity index (χ0n) is 22.0. The van der Waals surface area contributed by atoms with E-state index in [1.165, 1.54) is 11.8 Å². The van der Waals surface area contributed by atoms with Gasteiger partial charge in [-0.05, 0) is 47.0 Å². The fraction of sp³-hybridized carbons (Fsp3) is 0.219. The Bertz CT molecular complexity index is 1520. The van der Waals surface area contributed by atoms with E-state index in [-0.39, 0.29) is 23.6 Å². The third-order valence-corrected chi connectivity index (χ3v) is 8.33.